The summed E-state index contributed by atoms with van der Waals surface area (Å²) < 4.78 is 0. The first-order valence-electron chi connectivity index (χ1n) is 2.07. The number of carbonyl (C=O) groups is 1. The third-order valence-corrected chi connectivity index (χ3v) is 1.41. The number of halogens is 1. The van der Waals surface area contributed by atoms with Crippen molar-refractivity contribution in [1.29, 1.82) is 0 Å². The maximum atomic E-state index is 10.3. The number of amides is 1. The van der Waals surface area contributed by atoms with Gasteiger partial charge in [-0.2, -0.15) is 0 Å². The van der Waals surface area contributed by atoms with E-state index >= 15 is 0 Å². The van der Waals surface area contributed by atoms with Crippen LogP contribution in [0.15, 0.2) is 0 Å². The third-order valence-electron chi connectivity index (χ3n) is 0.809. The van der Waals surface area contributed by atoms with Crippen molar-refractivity contribution in [3.05, 3.63) is 6.42 Å². The highest BCUT2D eigenvalue weighted by Gasteiger charge is 2.16. The van der Waals surface area contributed by atoms with Crippen molar-refractivity contribution in [3.8, 4) is 0 Å². The third kappa shape index (κ3) is 1.16. The fourth-order valence-corrected chi connectivity index (χ4v) is 0.895. The zero-order valence-electron chi connectivity index (χ0n) is 3.65. The van der Waals surface area contributed by atoms with E-state index in [1.807, 2.05) is 0 Å². The molecule has 1 atom stereocenters. The Morgan fingerprint density at radius 1 is 2.00 bits per heavy atom. The second-order valence-corrected chi connectivity index (χ2v) is 2.52. The number of nitrogens with one attached hydrogen (secondary N) is 1. The van der Waals surface area contributed by atoms with E-state index in [-0.39, 0.29) is 10.9 Å². The maximum Gasteiger partial charge on any atom is 0.224 e. The molecule has 0 aromatic carbocycles. The molecule has 1 radical (unpaired) electrons. The minimum atomic E-state index is 0.0295. The molecule has 0 spiro atoms. The molecule has 0 aliphatic carbocycles. The quantitative estimate of drug-likeness (QED) is 0.407. The standard InChI is InChI=1S/C4H5BrNO/c5-3-1-2-4(7)6-3/h2-3H,1H2,(H,6,7). The second kappa shape index (κ2) is 1.82. The largest absolute Gasteiger partial charge is 0.343 e. The lowest BCUT2D eigenvalue weighted by atomic mass is 10.4. The molecule has 7 heavy (non-hydrogen) atoms. The van der Waals surface area contributed by atoms with Gasteiger partial charge in [-0.05, 0) is 6.42 Å². The lowest BCUT2D eigenvalue weighted by Gasteiger charge is -1.93. The zero-order chi connectivity index (χ0) is 5.28. The van der Waals surface area contributed by atoms with Crippen LogP contribution in [-0.4, -0.2) is 10.9 Å². The van der Waals surface area contributed by atoms with Gasteiger partial charge in [-0.25, -0.2) is 0 Å². The minimum absolute atomic E-state index is 0.0295. The number of alkyl halides is 1. The van der Waals surface area contributed by atoms with Crippen LogP contribution >= 0.6 is 15.9 Å². The van der Waals surface area contributed by atoms with Gasteiger partial charge in [0.2, 0.25) is 5.91 Å². The Morgan fingerprint density at radius 3 is 2.86 bits per heavy atom. The van der Waals surface area contributed by atoms with Gasteiger partial charge in [-0.3, -0.25) is 4.79 Å². The van der Waals surface area contributed by atoms with Crippen molar-refractivity contribution < 1.29 is 4.79 Å². The highest BCUT2D eigenvalue weighted by molar-refractivity contribution is 9.09. The van der Waals surface area contributed by atoms with E-state index in [9.17, 15) is 4.79 Å². The highest BCUT2D eigenvalue weighted by Crippen LogP contribution is 2.09. The second-order valence-electron chi connectivity index (χ2n) is 1.42. The summed E-state index contributed by atoms with van der Waals surface area (Å²) in [5, 5.41) is 2.64. The van der Waals surface area contributed by atoms with Gasteiger partial charge < -0.3 is 5.32 Å². The molecule has 0 bridgehead atoms. The SMILES string of the molecule is O=C1[CH]CC(Br)N1. The van der Waals surface area contributed by atoms with Crippen LogP contribution in [0.2, 0.25) is 0 Å². The van der Waals surface area contributed by atoms with Crippen LogP contribution in [0, 0.1) is 6.42 Å². The molecular formula is C4H5BrNO. The molecule has 1 aliphatic heterocycles. The Labute approximate surface area is 50.4 Å². The fourth-order valence-electron chi connectivity index (χ4n) is 0.483. The molecule has 1 N–H and O–H groups in total. The summed E-state index contributed by atoms with van der Waals surface area (Å²) in [6.07, 6.45) is 2.43. The Hall–Kier alpha value is -0.0500. The van der Waals surface area contributed by atoms with E-state index in [2.05, 4.69) is 21.2 Å². The van der Waals surface area contributed by atoms with E-state index in [0.717, 1.165) is 6.42 Å². The Kier molecular flexibility index (Phi) is 1.32. The molecule has 1 aliphatic rings. The van der Waals surface area contributed by atoms with E-state index in [1.165, 1.54) is 0 Å². The smallest absolute Gasteiger partial charge is 0.224 e. The average Bonchev–Trinajstić information content (AvgIpc) is 1.87. The number of hydrogen-bond donors (Lipinski definition) is 1. The highest BCUT2D eigenvalue weighted by atomic mass is 79.9. The summed E-state index contributed by atoms with van der Waals surface area (Å²) in [5.74, 6) is 0.0295. The number of rotatable bonds is 0. The predicted molar refractivity (Wildman–Crippen MR) is 29.8 cm³/mol. The summed E-state index contributed by atoms with van der Waals surface area (Å²) in [5.41, 5.74) is 0. The van der Waals surface area contributed by atoms with Gasteiger partial charge in [0.05, 0.1) is 11.4 Å². The van der Waals surface area contributed by atoms with Crippen molar-refractivity contribution in [2.75, 3.05) is 0 Å². The van der Waals surface area contributed by atoms with Gasteiger partial charge in [0.25, 0.3) is 0 Å². The molecule has 1 amide bonds. The van der Waals surface area contributed by atoms with Crippen molar-refractivity contribution in [3.63, 3.8) is 0 Å². The molecule has 1 unspecified atom stereocenters. The van der Waals surface area contributed by atoms with Gasteiger partial charge >= 0.3 is 0 Å². The first-order valence-corrected chi connectivity index (χ1v) is 2.98. The average molecular weight is 163 g/mol. The summed E-state index contributed by atoms with van der Waals surface area (Å²) in [4.78, 5) is 10.4. The maximum absolute atomic E-state index is 10.3. The minimum Gasteiger partial charge on any atom is -0.343 e. The van der Waals surface area contributed by atoms with Crippen LogP contribution in [0.3, 0.4) is 0 Å². The predicted octanol–water partition coefficient (Wildman–Crippen LogP) is 0.432. The van der Waals surface area contributed by atoms with Crippen LogP contribution in [0.5, 0.6) is 0 Å². The van der Waals surface area contributed by atoms with E-state index < -0.39 is 0 Å². The zero-order valence-corrected chi connectivity index (χ0v) is 5.23. The van der Waals surface area contributed by atoms with Gasteiger partial charge in [-0.1, -0.05) is 15.9 Å². The van der Waals surface area contributed by atoms with Gasteiger partial charge in [0, 0.05) is 0 Å². The molecule has 3 heteroatoms. The molecule has 2 nitrogen and oxygen atoms in total. The van der Waals surface area contributed by atoms with Gasteiger partial charge in [0.15, 0.2) is 0 Å². The normalized spacial score (nSPS) is 30.4. The Bertz CT molecular complexity index is 93.7. The monoisotopic (exact) mass is 162 g/mol. The summed E-state index contributed by atoms with van der Waals surface area (Å²) in [6, 6.07) is 0. The van der Waals surface area contributed by atoms with Crippen molar-refractivity contribution in [2.24, 2.45) is 0 Å². The number of carbonyl (C=O) groups excluding carboxylic acids is 1. The Morgan fingerprint density at radius 2 is 2.71 bits per heavy atom. The first kappa shape index (κ1) is 5.09. The van der Waals surface area contributed by atoms with Crippen LogP contribution in [0.1, 0.15) is 6.42 Å². The van der Waals surface area contributed by atoms with Crippen molar-refractivity contribution >= 4 is 21.8 Å². The summed E-state index contributed by atoms with van der Waals surface area (Å²) in [6.45, 7) is 0. The summed E-state index contributed by atoms with van der Waals surface area (Å²) >= 11 is 3.22. The van der Waals surface area contributed by atoms with E-state index in [1.54, 1.807) is 6.42 Å². The lowest BCUT2D eigenvalue weighted by molar-refractivity contribution is -0.116. The first-order chi connectivity index (χ1) is 3.29. The van der Waals surface area contributed by atoms with Crippen LogP contribution < -0.4 is 5.32 Å². The molecule has 1 fully saturated rings. The fraction of sp³-hybridized carbons (Fsp3) is 0.500. The molecule has 0 aromatic rings. The topological polar surface area (TPSA) is 29.1 Å². The van der Waals surface area contributed by atoms with Crippen molar-refractivity contribution in [2.45, 2.75) is 11.4 Å². The molecule has 0 aromatic heterocycles. The summed E-state index contributed by atoms with van der Waals surface area (Å²) in [7, 11) is 0. The molecule has 1 rings (SSSR count). The molecule has 0 saturated carbocycles. The van der Waals surface area contributed by atoms with Crippen LogP contribution in [0.25, 0.3) is 0 Å². The molecular weight excluding hydrogens is 158 g/mol. The lowest BCUT2D eigenvalue weighted by Crippen LogP contribution is -2.19. The van der Waals surface area contributed by atoms with Crippen LogP contribution in [0.4, 0.5) is 0 Å². The van der Waals surface area contributed by atoms with Gasteiger partial charge in [0.1, 0.15) is 0 Å². The number of hydrogen-bond acceptors (Lipinski definition) is 1. The van der Waals surface area contributed by atoms with Crippen LogP contribution in [-0.2, 0) is 4.79 Å². The molecule has 39 valence electrons. The molecule has 1 heterocycles. The Balaban J connectivity index is 2.40. The van der Waals surface area contributed by atoms with Crippen molar-refractivity contribution in [1.82, 2.24) is 5.32 Å². The van der Waals surface area contributed by atoms with Gasteiger partial charge in [-0.15, -0.1) is 0 Å². The van der Waals surface area contributed by atoms with E-state index in [0.29, 0.717) is 0 Å². The van der Waals surface area contributed by atoms with E-state index in [4.69, 9.17) is 0 Å². The molecule has 1 saturated heterocycles.